The van der Waals surface area contributed by atoms with Crippen molar-refractivity contribution in [3.63, 3.8) is 0 Å². The molecular formula is C14H19FN2O. The highest BCUT2D eigenvalue weighted by molar-refractivity contribution is 5.35. The highest BCUT2D eigenvalue weighted by Gasteiger charge is 2.38. The predicted octanol–water partition coefficient (Wildman–Crippen LogP) is 1.74. The smallest absolute Gasteiger partial charge is 0.126 e. The average molecular weight is 250 g/mol. The van der Waals surface area contributed by atoms with Crippen LogP contribution in [0.1, 0.15) is 18.5 Å². The molecule has 0 spiro atoms. The maximum absolute atomic E-state index is 13.0. The molecule has 3 atom stereocenters. The molecule has 1 aromatic carbocycles. The number of nitrogens with one attached hydrogen (secondary N) is 1. The lowest BCUT2D eigenvalue weighted by atomic mass is 10.0. The van der Waals surface area contributed by atoms with Crippen LogP contribution in [0.5, 0.6) is 5.75 Å². The van der Waals surface area contributed by atoms with Gasteiger partial charge < -0.3 is 10.4 Å². The summed E-state index contributed by atoms with van der Waals surface area (Å²) < 4.78 is 13.0. The molecule has 0 saturated carbocycles. The summed E-state index contributed by atoms with van der Waals surface area (Å²) in [6, 6.07) is 4.46. The summed E-state index contributed by atoms with van der Waals surface area (Å²) in [4.78, 5) is 2.39. The van der Waals surface area contributed by atoms with Gasteiger partial charge in [0.1, 0.15) is 11.6 Å². The molecule has 3 nitrogen and oxygen atoms in total. The summed E-state index contributed by atoms with van der Waals surface area (Å²) >= 11 is 0. The number of phenolic OH excluding ortho intramolecular Hbond substituents is 1. The van der Waals surface area contributed by atoms with Crippen molar-refractivity contribution in [1.82, 2.24) is 10.2 Å². The van der Waals surface area contributed by atoms with Crippen LogP contribution in [-0.2, 0) is 0 Å². The van der Waals surface area contributed by atoms with Crippen molar-refractivity contribution in [3.8, 4) is 5.75 Å². The van der Waals surface area contributed by atoms with Gasteiger partial charge in [-0.05, 0) is 37.9 Å². The second-order valence-corrected chi connectivity index (χ2v) is 5.51. The summed E-state index contributed by atoms with van der Waals surface area (Å²) in [7, 11) is 0. The Bertz CT molecular complexity index is 439. The third-order valence-electron chi connectivity index (χ3n) is 4.41. The fourth-order valence-electron chi connectivity index (χ4n) is 3.27. The molecule has 2 aliphatic rings. The lowest BCUT2D eigenvalue weighted by Crippen LogP contribution is -2.28. The monoisotopic (exact) mass is 250 g/mol. The van der Waals surface area contributed by atoms with Gasteiger partial charge in [-0.1, -0.05) is 6.07 Å². The molecule has 2 N–H and O–H groups in total. The summed E-state index contributed by atoms with van der Waals surface area (Å²) in [6.45, 7) is 6.42. The highest BCUT2D eigenvalue weighted by atomic mass is 19.1. The molecule has 0 aliphatic carbocycles. The molecule has 2 heterocycles. The molecule has 0 amide bonds. The van der Waals surface area contributed by atoms with Gasteiger partial charge in [0.25, 0.3) is 0 Å². The molecule has 0 bridgehead atoms. The van der Waals surface area contributed by atoms with Crippen molar-refractivity contribution >= 4 is 0 Å². The zero-order valence-electron chi connectivity index (χ0n) is 10.6. The fraction of sp³-hybridized carbons (Fsp3) is 0.571. The summed E-state index contributed by atoms with van der Waals surface area (Å²) in [5.41, 5.74) is 0.823. The molecule has 0 radical (unpaired) electrons. The van der Waals surface area contributed by atoms with Crippen LogP contribution in [0.25, 0.3) is 0 Å². The van der Waals surface area contributed by atoms with E-state index >= 15 is 0 Å². The van der Waals surface area contributed by atoms with E-state index in [4.69, 9.17) is 0 Å². The van der Waals surface area contributed by atoms with E-state index in [1.807, 2.05) is 0 Å². The van der Waals surface area contributed by atoms with Crippen molar-refractivity contribution in [2.45, 2.75) is 13.0 Å². The first-order chi connectivity index (χ1) is 8.65. The van der Waals surface area contributed by atoms with Gasteiger partial charge in [0, 0.05) is 30.8 Å². The van der Waals surface area contributed by atoms with E-state index in [0.29, 0.717) is 0 Å². The Morgan fingerprint density at radius 1 is 1.33 bits per heavy atom. The van der Waals surface area contributed by atoms with E-state index in [2.05, 4.69) is 17.1 Å². The minimum atomic E-state index is -0.383. The minimum Gasteiger partial charge on any atom is -0.508 e. The average Bonchev–Trinajstić information content (AvgIpc) is 2.87. The minimum absolute atomic E-state index is 0.0673. The summed E-state index contributed by atoms with van der Waals surface area (Å²) in [6.07, 6.45) is 0. The van der Waals surface area contributed by atoms with Gasteiger partial charge in [0.2, 0.25) is 0 Å². The molecule has 1 unspecified atom stereocenters. The molecule has 4 heteroatoms. The first-order valence-corrected chi connectivity index (χ1v) is 6.58. The molecule has 2 aliphatic heterocycles. The number of nitrogens with zero attached hydrogens (tertiary/aromatic N) is 1. The lowest BCUT2D eigenvalue weighted by Gasteiger charge is -2.26. The van der Waals surface area contributed by atoms with E-state index in [-0.39, 0.29) is 17.6 Å². The van der Waals surface area contributed by atoms with Gasteiger partial charge in [-0.15, -0.1) is 0 Å². The number of rotatable bonds is 2. The quantitative estimate of drug-likeness (QED) is 0.839. The predicted molar refractivity (Wildman–Crippen MR) is 67.9 cm³/mol. The van der Waals surface area contributed by atoms with Crippen molar-refractivity contribution in [2.24, 2.45) is 11.8 Å². The zero-order chi connectivity index (χ0) is 12.7. The molecule has 98 valence electrons. The van der Waals surface area contributed by atoms with Crippen molar-refractivity contribution in [3.05, 3.63) is 29.6 Å². The Morgan fingerprint density at radius 3 is 2.61 bits per heavy atom. The van der Waals surface area contributed by atoms with E-state index in [9.17, 15) is 9.50 Å². The molecule has 1 aromatic rings. The fourth-order valence-corrected chi connectivity index (χ4v) is 3.27. The summed E-state index contributed by atoms with van der Waals surface area (Å²) in [5, 5.41) is 13.3. The standard InChI is InChI=1S/C14H19FN2O/c1-9(13-3-2-12(15)4-14(13)18)17-7-10-5-16-6-11(10)8-17/h2-4,9-11,16,18H,5-8H2,1H3/t9?,10-,11+. The van der Waals surface area contributed by atoms with Crippen molar-refractivity contribution < 1.29 is 9.50 Å². The van der Waals surface area contributed by atoms with Crippen LogP contribution in [0.4, 0.5) is 4.39 Å². The zero-order valence-corrected chi connectivity index (χ0v) is 10.6. The Labute approximate surface area is 107 Å². The number of benzene rings is 1. The van der Waals surface area contributed by atoms with Crippen LogP contribution < -0.4 is 5.32 Å². The summed E-state index contributed by atoms with van der Waals surface area (Å²) in [5.74, 6) is 1.15. The van der Waals surface area contributed by atoms with E-state index in [0.717, 1.165) is 43.6 Å². The van der Waals surface area contributed by atoms with Crippen LogP contribution in [0.2, 0.25) is 0 Å². The van der Waals surface area contributed by atoms with Gasteiger partial charge in [-0.25, -0.2) is 4.39 Å². The molecule has 2 saturated heterocycles. The van der Waals surface area contributed by atoms with Crippen LogP contribution in [0, 0.1) is 17.7 Å². The topological polar surface area (TPSA) is 35.5 Å². The molecule has 0 aromatic heterocycles. The van der Waals surface area contributed by atoms with Gasteiger partial charge in [-0.2, -0.15) is 0 Å². The van der Waals surface area contributed by atoms with E-state index < -0.39 is 0 Å². The number of hydrogen-bond acceptors (Lipinski definition) is 3. The Morgan fingerprint density at radius 2 is 2.00 bits per heavy atom. The number of fused-ring (bicyclic) bond motifs is 1. The normalized spacial score (nSPS) is 29.4. The number of likely N-dealkylation sites (tertiary alicyclic amines) is 1. The van der Waals surface area contributed by atoms with Gasteiger partial charge >= 0.3 is 0 Å². The van der Waals surface area contributed by atoms with Crippen molar-refractivity contribution in [1.29, 1.82) is 0 Å². The maximum atomic E-state index is 13.0. The molecule has 18 heavy (non-hydrogen) atoms. The number of halogens is 1. The van der Waals surface area contributed by atoms with Gasteiger partial charge in [0.05, 0.1) is 0 Å². The van der Waals surface area contributed by atoms with Crippen molar-refractivity contribution in [2.75, 3.05) is 26.2 Å². The lowest BCUT2D eigenvalue weighted by molar-refractivity contribution is 0.239. The second kappa shape index (κ2) is 4.52. The Hall–Kier alpha value is -1.13. The largest absolute Gasteiger partial charge is 0.508 e. The third kappa shape index (κ3) is 1.99. The number of phenols is 1. The highest BCUT2D eigenvalue weighted by Crippen LogP contribution is 2.35. The third-order valence-corrected chi connectivity index (χ3v) is 4.41. The maximum Gasteiger partial charge on any atom is 0.126 e. The SMILES string of the molecule is CC(c1ccc(F)cc1O)N1C[C@H]2CNC[C@H]2C1. The van der Waals surface area contributed by atoms with E-state index in [1.54, 1.807) is 6.07 Å². The Kier molecular flexibility index (Phi) is 2.99. The molecular weight excluding hydrogens is 231 g/mol. The number of hydrogen-bond donors (Lipinski definition) is 2. The van der Waals surface area contributed by atoms with Crippen LogP contribution >= 0.6 is 0 Å². The van der Waals surface area contributed by atoms with Gasteiger partial charge in [-0.3, -0.25) is 4.90 Å². The second-order valence-electron chi connectivity index (χ2n) is 5.51. The molecule has 2 fully saturated rings. The number of aromatic hydroxyl groups is 1. The van der Waals surface area contributed by atoms with E-state index in [1.165, 1.54) is 12.1 Å². The van der Waals surface area contributed by atoms with Crippen LogP contribution in [0.3, 0.4) is 0 Å². The van der Waals surface area contributed by atoms with Crippen LogP contribution in [0.15, 0.2) is 18.2 Å². The Balaban J connectivity index is 1.76. The first kappa shape index (κ1) is 11.9. The van der Waals surface area contributed by atoms with Gasteiger partial charge in [0.15, 0.2) is 0 Å². The van der Waals surface area contributed by atoms with Crippen LogP contribution in [-0.4, -0.2) is 36.2 Å². The first-order valence-electron chi connectivity index (χ1n) is 6.58. The molecule has 3 rings (SSSR count).